The maximum atomic E-state index is 13.0. The Balaban J connectivity index is 2.30. The Morgan fingerprint density at radius 2 is 1.61 bits per heavy atom. The summed E-state index contributed by atoms with van der Waals surface area (Å²) >= 11 is 0. The van der Waals surface area contributed by atoms with Crippen LogP contribution in [-0.4, -0.2) is 54.0 Å². The number of aromatic carboxylic acids is 1. The van der Waals surface area contributed by atoms with Crippen LogP contribution in [0.25, 0.3) is 0 Å². The van der Waals surface area contributed by atoms with Crippen molar-refractivity contribution in [2.45, 2.75) is 12.7 Å². The van der Waals surface area contributed by atoms with Crippen LogP contribution in [0, 0.1) is 0 Å². The van der Waals surface area contributed by atoms with Crippen molar-refractivity contribution in [1.82, 2.24) is 9.80 Å². The summed E-state index contributed by atoms with van der Waals surface area (Å²) in [5.74, 6) is -1.60. The van der Waals surface area contributed by atoms with Crippen molar-refractivity contribution in [3.63, 3.8) is 0 Å². The Bertz CT molecular complexity index is 851. The summed E-state index contributed by atoms with van der Waals surface area (Å²) in [7, 11) is 3.63. The van der Waals surface area contributed by atoms with Crippen LogP contribution in [0.2, 0.25) is 0 Å². The minimum absolute atomic E-state index is 0.0199. The van der Waals surface area contributed by atoms with E-state index in [9.17, 15) is 22.8 Å². The molecule has 0 radical (unpaired) electrons. The van der Waals surface area contributed by atoms with Crippen LogP contribution < -0.4 is 0 Å². The Morgan fingerprint density at radius 3 is 2.21 bits per heavy atom. The van der Waals surface area contributed by atoms with Gasteiger partial charge < -0.3 is 14.9 Å². The van der Waals surface area contributed by atoms with E-state index in [1.807, 2.05) is 19.0 Å². The smallest absolute Gasteiger partial charge is 0.416 e. The first kappa shape index (κ1) is 21.4. The molecule has 5 nitrogen and oxygen atoms in total. The maximum absolute atomic E-state index is 13.0. The van der Waals surface area contributed by atoms with E-state index >= 15 is 0 Å². The molecule has 0 saturated carbocycles. The average molecular weight is 394 g/mol. The zero-order valence-corrected chi connectivity index (χ0v) is 15.5. The predicted octanol–water partition coefficient (Wildman–Crippen LogP) is 3.61. The van der Waals surface area contributed by atoms with Gasteiger partial charge in [-0.3, -0.25) is 4.79 Å². The summed E-state index contributed by atoms with van der Waals surface area (Å²) in [6, 6.07) is 10.4. The topological polar surface area (TPSA) is 60.9 Å². The largest absolute Gasteiger partial charge is 0.478 e. The quantitative estimate of drug-likeness (QED) is 0.780. The summed E-state index contributed by atoms with van der Waals surface area (Å²) in [4.78, 5) is 27.3. The molecule has 1 N–H and O–H groups in total. The molecule has 0 aliphatic rings. The Labute approximate surface area is 161 Å². The molecule has 0 heterocycles. The number of nitrogens with zero attached hydrogens (tertiary/aromatic N) is 2. The third kappa shape index (κ3) is 5.82. The molecule has 2 rings (SSSR count). The lowest BCUT2D eigenvalue weighted by Crippen LogP contribution is -2.36. The number of hydrogen-bond acceptors (Lipinski definition) is 3. The summed E-state index contributed by atoms with van der Waals surface area (Å²) in [5.41, 5.74) is -0.294. The summed E-state index contributed by atoms with van der Waals surface area (Å²) in [6.07, 6.45) is -4.47. The minimum Gasteiger partial charge on any atom is -0.478 e. The van der Waals surface area contributed by atoms with Crippen LogP contribution in [0.3, 0.4) is 0 Å². The third-order valence-corrected chi connectivity index (χ3v) is 4.09. The summed E-state index contributed by atoms with van der Waals surface area (Å²) in [6.45, 7) is 0.761. The van der Waals surface area contributed by atoms with E-state index in [2.05, 4.69) is 0 Å². The van der Waals surface area contributed by atoms with Crippen molar-refractivity contribution < 1.29 is 27.9 Å². The van der Waals surface area contributed by atoms with Crippen molar-refractivity contribution in [2.24, 2.45) is 0 Å². The SMILES string of the molecule is CN(C)CCN(Cc1cccc(C(F)(F)F)c1)C(=O)c1cccc(C(=O)O)c1. The van der Waals surface area contributed by atoms with Crippen molar-refractivity contribution in [2.75, 3.05) is 27.2 Å². The molecule has 0 fully saturated rings. The number of alkyl halides is 3. The van der Waals surface area contributed by atoms with E-state index < -0.39 is 23.6 Å². The number of rotatable bonds is 7. The van der Waals surface area contributed by atoms with Crippen LogP contribution in [0.1, 0.15) is 31.8 Å². The lowest BCUT2D eigenvalue weighted by Gasteiger charge is -2.25. The van der Waals surface area contributed by atoms with Crippen LogP contribution in [0.15, 0.2) is 48.5 Å². The second-order valence-corrected chi connectivity index (χ2v) is 6.61. The zero-order chi connectivity index (χ0) is 20.9. The van der Waals surface area contributed by atoms with Crippen LogP contribution in [0.5, 0.6) is 0 Å². The molecule has 0 unspecified atom stereocenters. The van der Waals surface area contributed by atoms with Crippen molar-refractivity contribution in [3.05, 3.63) is 70.8 Å². The van der Waals surface area contributed by atoms with Crippen molar-refractivity contribution in [1.29, 1.82) is 0 Å². The number of likely N-dealkylation sites (N-methyl/N-ethyl adjacent to an activating group) is 1. The van der Waals surface area contributed by atoms with Gasteiger partial charge in [0.1, 0.15) is 0 Å². The van der Waals surface area contributed by atoms with Gasteiger partial charge in [0.05, 0.1) is 11.1 Å². The number of amides is 1. The standard InChI is InChI=1S/C20H21F3N2O3/c1-24(2)9-10-25(13-14-5-3-8-17(11-14)20(21,22)23)18(26)15-6-4-7-16(12-15)19(27)28/h3-8,11-12H,9-10,13H2,1-2H3,(H,27,28). The van der Waals surface area contributed by atoms with Crippen molar-refractivity contribution in [3.8, 4) is 0 Å². The molecule has 2 aromatic carbocycles. The van der Waals surface area contributed by atoms with Gasteiger partial charge in [0, 0.05) is 25.2 Å². The van der Waals surface area contributed by atoms with Gasteiger partial charge in [0.2, 0.25) is 0 Å². The molecular formula is C20H21F3N2O3. The van der Waals surface area contributed by atoms with Gasteiger partial charge >= 0.3 is 12.1 Å². The van der Waals surface area contributed by atoms with E-state index in [1.165, 1.54) is 41.3 Å². The van der Waals surface area contributed by atoms with Crippen LogP contribution in [0.4, 0.5) is 13.2 Å². The molecule has 0 saturated heterocycles. The molecule has 2 aromatic rings. The molecule has 8 heteroatoms. The lowest BCUT2D eigenvalue weighted by atomic mass is 10.1. The molecule has 0 atom stereocenters. The van der Waals surface area contributed by atoms with Gasteiger partial charge in [-0.05, 0) is 50.0 Å². The van der Waals surface area contributed by atoms with E-state index in [4.69, 9.17) is 5.11 Å². The first-order valence-electron chi connectivity index (χ1n) is 8.51. The molecule has 0 aliphatic heterocycles. The van der Waals surface area contributed by atoms with Gasteiger partial charge in [-0.1, -0.05) is 18.2 Å². The highest BCUT2D eigenvalue weighted by atomic mass is 19.4. The summed E-state index contributed by atoms with van der Waals surface area (Å²) < 4.78 is 38.9. The number of halogens is 3. The Hall–Kier alpha value is -2.87. The minimum atomic E-state index is -4.47. The second-order valence-electron chi connectivity index (χ2n) is 6.61. The summed E-state index contributed by atoms with van der Waals surface area (Å²) in [5, 5.41) is 9.11. The van der Waals surface area contributed by atoms with E-state index in [0.29, 0.717) is 12.1 Å². The van der Waals surface area contributed by atoms with Crippen LogP contribution in [-0.2, 0) is 12.7 Å². The molecular weight excluding hydrogens is 373 g/mol. The fraction of sp³-hybridized carbons (Fsp3) is 0.300. The predicted molar refractivity (Wildman–Crippen MR) is 98.1 cm³/mol. The fourth-order valence-electron chi connectivity index (χ4n) is 2.61. The highest BCUT2D eigenvalue weighted by Crippen LogP contribution is 2.29. The van der Waals surface area contributed by atoms with Gasteiger partial charge in [-0.2, -0.15) is 13.2 Å². The number of carbonyl (C=O) groups excluding carboxylic acids is 1. The number of carboxylic acid groups (broad SMARTS) is 1. The monoisotopic (exact) mass is 394 g/mol. The van der Waals surface area contributed by atoms with Gasteiger partial charge in [0.25, 0.3) is 5.91 Å². The van der Waals surface area contributed by atoms with Crippen molar-refractivity contribution >= 4 is 11.9 Å². The molecule has 0 aliphatic carbocycles. The van der Waals surface area contributed by atoms with E-state index in [1.54, 1.807) is 0 Å². The van der Waals surface area contributed by atoms with Gasteiger partial charge in [-0.25, -0.2) is 4.79 Å². The fourth-order valence-corrected chi connectivity index (χ4v) is 2.61. The maximum Gasteiger partial charge on any atom is 0.416 e. The lowest BCUT2D eigenvalue weighted by molar-refractivity contribution is -0.137. The zero-order valence-electron chi connectivity index (χ0n) is 15.5. The second kappa shape index (κ2) is 8.88. The molecule has 28 heavy (non-hydrogen) atoms. The van der Waals surface area contributed by atoms with E-state index in [-0.39, 0.29) is 24.2 Å². The highest BCUT2D eigenvalue weighted by molar-refractivity contribution is 5.97. The Morgan fingerprint density at radius 1 is 0.964 bits per heavy atom. The number of benzene rings is 2. The Kier molecular flexibility index (Phi) is 6.80. The number of hydrogen-bond donors (Lipinski definition) is 1. The molecule has 1 amide bonds. The van der Waals surface area contributed by atoms with Gasteiger partial charge in [0.15, 0.2) is 0 Å². The molecule has 150 valence electrons. The molecule has 0 aromatic heterocycles. The van der Waals surface area contributed by atoms with Gasteiger partial charge in [-0.15, -0.1) is 0 Å². The molecule has 0 spiro atoms. The van der Waals surface area contributed by atoms with E-state index in [0.717, 1.165) is 12.1 Å². The first-order chi connectivity index (χ1) is 13.1. The first-order valence-corrected chi connectivity index (χ1v) is 8.51. The third-order valence-electron chi connectivity index (χ3n) is 4.09. The highest BCUT2D eigenvalue weighted by Gasteiger charge is 2.30. The van der Waals surface area contributed by atoms with Crippen LogP contribution >= 0.6 is 0 Å². The number of carbonyl (C=O) groups is 2. The molecule has 0 bridgehead atoms. The number of carboxylic acids is 1. The average Bonchev–Trinajstić information content (AvgIpc) is 2.64. The normalized spacial score (nSPS) is 11.5.